The minimum absolute atomic E-state index is 0.0976. The van der Waals surface area contributed by atoms with E-state index in [4.69, 9.17) is 0 Å². The zero-order chi connectivity index (χ0) is 17.8. The largest absolute Gasteiger partial charge is 0.317 e. The van der Waals surface area contributed by atoms with Gasteiger partial charge in [-0.2, -0.15) is 0 Å². The van der Waals surface area contributed by atoms with Gasteiger partial charge in [0.05, 0.1) is 0 Å². The zero-order valence-electron chi connectivity index (χ0n) is 14.8. The van der Waals surface area contributed by atoms with Crippen molar-refractivity contribution in [1.29, 1.82) is 0 Å². The molecule has 0 amide bonds. The lowest BCUT2D eigenvalue weighted by Crippen LogP contribution is -2.27. The molecule has 1 fully saturated rings. The molecule has 134 valence electrons. The molecule has 0 spiro atoms. The molecule has 0 radical (unpaired) electrons. The highest BCUT2D eigenvalue weighted by Gasteiger charge is 2.25. The average Bonchev–Trinajstić information content (AvgIpc) is 3.08. The molecule has 2 heterocycles. The molecule has 1 aliphatic rings. The van der Waals surface area contributed by atoms with Gasteiger partial charge in [-0.25, -0.2) is 0 Å². The van der Waals surface area contributed by atoms with Gasteiger partial charge in [0, 0.05) is 16.4 Å². The second-order valence-corrected chi connectivity index (χ2v) is 7.83. The van der Waals surface area contributed by atoms with Gasteiger partial charge in [0.15, 0.2) is 0 Å². The Labute approximate surface area is 158 Å². The first-order valence-electron chi connectivity index (χ1n) is 9.34. The second kappa shape index (κ2) is 8.02. The van der Waals surface area contributed by atoms with Crippen molar-refractivity contribution in [1.82, 2.24) is 9.69 Å². The number of rotatable bonds is 5. The van der Waals surface area contributed by atoms with Crippen LogP contribution in [0.15, 0.2) is 65.5 Å². The Morgan fingerprint density at radius 2 is 1.50 bits per heavy atom. The van der Waals surface area contributed by atoms with Crippen LogP contribution < -0.4 is 10.9 Å². The first kappa shape index (κ1) is 17.3. The van der Waals surface area contributed by atoms with E-state index in [0.29, 0.717) is 5.92 Å². The molecule has 4 rings (SSSR count). The number of H-pyrrole nitrogens is 1. The molecule has 0 aliphatic carbocycles. The van der Waals surface area contributed by atoms with Crippen LogP contribution in [0.5, 0.6) is 0 Å². The quantitative estimate of drug-likeness (QED) is 0.710. The van der Waals surface area contributed by atoms with Crippen molar-refractivity contribution in [3.05, 3.63) is 92.6 Å². The Hall–Kier alpha value is -2.17. The van der Waals surface area contributed by atoms with Gasteiger partial charge in [0.25, 0.3) is 5.56 Å². The Kier molecular flexibility index (Phi) is 5.32. The highest BCUT2D eigenvalue weighted by Crippen LogP contribution is 2.34. The maximum Gasteiger partial charge on any atom is 0.261 e. The van der Waals surface area contributed by atoms with Gasteiger partial charge < -0.3 is 5.32 Å². The minimum atomic E-state index is 0.0976. The van der Waals surface area contributed by atoms with E-state index >= 15 is 0 Å². The highest BCUT2D eigenvalue weighted by molar-refractivity contribution is 7.06. The van der Waals surface area contributed by atoms with Gasteiger partial charge in [0.2, 0.25) is 0 Å². The normalized spacial score (nSPS) is 15.4. The molecular weight excluding hydrogens is 340 g/mol. The summed E-state index contributed by atoms with van der Waals surface area (Å²) in [6.07, 6.45) is 2.98. The number of hydrogen-bond acceptors (Lipinski definition) is 3. The predicted octanol–water partition coefficient (Wildman–Crippen LogP) is 4.28. The number of aromatic nitrogens is 1. The monoisotopic (exact) mass is 364 g/mol. The fourth-order valence-corrected chi connectivity index (χ4v) is 4.97. The van der Waals surface area contributed by atoms with Crippen molar-refractivity contribution in [3.63, 3.8) is 0 Å². The standard InChI is InChI=1S/C22H24N2OS/c25-22-20(21(26-24-22)18-11-13-23-14-12-18)15-19(16-7-3-1-4-8-16)17-9-5-2-6-10-17/h1-10,18-19,23H,11-15H2,(H,24,25). The minimum Gasteiger partial charge on any atom is -0.317 e. The molecule has 1 aliphatic heterocycles. The first-order chi connectivity index (χ1) is 12.8. The van der Waals surface area contributed by atoms with E-state index in [1.807, 2.05) is 12.1 Å². The van der Waals surface area contributed by atoms with Crippen molar-refractivity contribution >= 4 is 11.5 Å². The third-order valence-corrected chi connectivity index (χ3v) is 6.43. The van der Waals surface area contributed by atoms with E-state index in [2.05, 4.69) is 58.2 Å². The van der Waals surface area contributed by atoms with E-state index in [-0.39, 0.29) is 11.5 Å². The molecule has 0 atom stereocenters. The molecule has 26 heavy (non-hydrogen) atoms. The topological polar surface area (TPSA) is 44.9 Å². The van der Waals surface area contributed by atoms with E-state index in [0.717, 1.165) is 37.9 Å². The van der Waals surface area contributed by atoms with Gasteiger partial charge in [-0.05, 0) is 49.4 Å². The van der Waals surface area contributed by atoms with E-state index in [1.165, 1.54) is 16.0 Å². The van der Waals surface area contributed by atoms with Crippen molar-refractivity contribution in [2.24, 2.45) is 0 Å². The van der Waals surface area contributed by atoms with Gasteiger partial charge in [-0.1, -0.05) is 72.2 Å². The zero-order valence-corrected chi connectivity index (χ0v) is 15.6. The fraction of sp³-hybridized carbons (Fsp3) is 0.318. The summed E-state index contributed by atoms with van der Waals surface area (Å²) in [5.41, 5.74) is 3.61. The maximum absolute atomic E-state index is 12.6. The third kappa shape index (κ3) is 3.67. The van der Waals surface area contributed by atoms with E-state index in [1.54, 1.807) is 11.5 Å². The lowest BCUT2D eigenvalue weighted by atomic mass is 9.84. The fourth-order valence-electron chi connectivity index (χ4n) is 3.95. The molecule has 2 N–H and O–H groups in total. The summed E-state index contributed by atoms with van der Waals surface area (Å²) >= 11 is 1.55. The number of benzene rings is 2. The summed E-state index contributed by atoms with van der Waals surface area (Å²) in [6, 6.07) is 21.1. The molecule has 3 aromatic rings. The molecule has 2 aromatic carbocycles. The summed E-state index contributed by atoms with van der Waals surface area (Å²) < 4.78 is 3.01. The molecule has 0 unspecified atom stereocenters. The van der Waals surface area contributed by atoms with Gasteiger partial charge >= 0.3 is 0 Å². The Bertz CT molecular complexity index is 840. The van der Waals surface area contributed by atoms with Gasteiger partial charge in [0.1, 0.15) is 0 Å². The molecule has 3 nitrogen and oxygen atoms in total. The maximum atomic E-state index is 12.6. The molecular formula is C22H24N2OS. The molecule has 0 saturated carbocycles. The molecule has 4 heteroatoms. The lowest BCUT2D eigenvalue weighted by Gasteiger charge is -2.23. The van der Waals surface area contributed by atoms with Crippen molar-refractivity contribution < 1.29 is 0 Å². The van der Waals surface area contributed by atoms with Crippen molar-refractivity contribution in [2.75, 3.05) is 13.1 Å². The molecule has 1 aromatic heterocycles. The SMILES string of the molecule is O=c1[nH]sc(C2CCNCC2)c1CC(c1ccccc1)c1ccccc1. The van der Waals surface area contributed by atoms with Crippen LogP contribution in [-0.4, -0.2) is 17.5 Å². The number of nitrogens with one attached hydrogen (secondary N) is 2. The van der Waals surface area contributed by atoms with Crippen LogP contribution in [0, 0.1) is 0 Å². The van der Waals surface area contributed by atoms with Crippen LogP contribution in [0.4, 0.5) is 0 Å². The highest BCUT2D eigenvalue weighted by atomic mass is 32.1. The van der Waals surface area contributed by atoms with Crippen LogP contribution in [0.25, 0.3) is 0 Å². The Morgan fingerprint density at radius 1 is 0.923 bits per heavy atom. The van der Waals surface area contributed by atoms with Gasteiger partial charge in [-0.15, -0.1) is 0 Å². The van der Waals surface area contributed by atoms with Gasteiger partial charge in [-0.3, -0.25) is 9.17 Å². The summed E-state index contributed by atoms with van der Waals surface area (Å²) in [7, 11) is 0. The Balaban J connectivity index is 1.71. The second-order valence-electron chi connectivity index (χ2n) is 6.98. The van der Waals surface area contributed by atoms with Crippen molar-refractivity contribution in [2.45, 2.75) is 31.1 Å². The number of hydrogen-bond donors (Lipinski definition) is 2. The summed E-state index contributed by atoms with van der Waals surface area (Å²) in [4.78, 5) is 13.9. The van der Waals surface area contributed by atoms with Crippen LogP contribution >= 0.6 is 11.5 Å². The van der Waals surface area contributed by atoms with Crippen molar-refractivity contribution in [3.8, 4) is 0 Å². The lowest BCUT2D eigenvalue weighted by molar-refractivity contribution is 0.462. The molecule has 0 bridgehead atoms. The molecule has 1 saturated heterocycles. The summed E-state index contributed by atoms with van der Waals surface area (Å²) in [6.45, 7) is 2.08. The average molecular weight is 365 g/mol. The predicted molar refractivity (Wildman–Crippen MR) is 108 cm³/mol. The first-order valence-corrected chi connectivity index (χ1v) is 10.2. The van der Waals surface area contributed by atoms with E-state index in [9.17, 15) is 4.79 Å². The van der Waals surface area contributed by atoms with Crippen LogP contribution in [0.3, 0.4) is 0 Å². The number of aromatic amines is 1. The summed E-state index contributed by atoms with van der Waals surface area (Å²) in [5, 5.41) is 3.42. The van der Waals surface area contributed by atoms with Crippen LogP contribution in [-0.2, 0) is 6.42 Å². The Morgan fingerprint density at radius 3 is 2.08 bits per heavy atom. The smallest absolute Gasteiger partial charge is 0.261 e. The van der Waals surface area contributed by atoms with E-state index < -0.39 is 0 Å². The van der Waals surface area contributed by atoms with Crippen LogP contribution in [0.1, 0.15) is 46.2 Å². The van der Waals surface area contributed by atoms with Crippen LogP contribution in [0.2, 0.25) is 0 Å². The third-order valence-electron chi connectivity index (χ3n) is 5.35. The summed E-state index contributed by atoms with van der Waals surface area (Å²) in [5.74, 6) is 0.705. The number of piperidine rings is 1.